The number of rotatable bonds is 10. The molecule has 35 heavy (non-hydrogen) atoms. The van der Waals surface area contributed by atoms with Gasteiger partial charge < -0.3 is 20.4 Å². The molecule has 0 saturated heterocycles. The van der Waals surface area contributed by atoms with Crippen LogP contribution in [0.1, 0.15) is 22.4 Å². The van der Waals surface area contributed by atoms with E-state index in [0.717, 1.165) is 16.7 Å². The summed E-state index contributed by atoms with van der Waals surface area (Å²) in [6.07, 6.45) is 0. The quantitative estimate of drug-likeness (QED) is 0.172. The summed E-state index contributed by atoms with van der Waals surface area (Å²) in [5.41, 5.74) is 1.63. The van der Waals surface area contributed by atoms with Gasteiger partial charge in [-0.05, 0) is 16.7 Å². The molecule has 1 aromatic heterocycles. The molecule has 4 rings (SSSR count). The van der Waals surface area contributed by atoms with Gasteiger partial charge in [-0.3, -0.25) is 0 Å². The fraction of sp³-hybridized carbons (Fsp3) is 0.0769. The molecule has 0 radical (unpaired) electrons. The van der Waals surface area contributed by atoms with Crippen molar-refractivity contribution in [2.45, 2.75) is 5.54 Å². The summed E-state index contributed by atoms with van der Waals surface area (Å²) in [4.78, 5) is 31.5. The van der Waals surface area contributed by atoms with Crippen molar-refractivity contribution in [1.82, 2.24) is 4.98 Å². The van der Waals surface area contributed by atoms with Crippen LogP contribution in [-0.2, 0) is 20.0 Å². The second-order valence-electron chi connectivity index (χ2n) is 7.42. The molecule has 0 aliphatic carbocycles. The second kappa shape index (κ2) is 10.6. The maximum absolute atomic E-state index is 11.7. The van der Waals surface area contributed by atoms with Crippen LogP contribution in [0.15, 0.2) is 102 Å². The number of carboxylic acids is 2. The first-order valence-electron chi connectivity index (χ1n) is 10.6. The molecular formula is C26H21N3O5S. The van der Waals surface area contributed by atoms with Gasteiger partial charge in [0.2, 0.25) is 12.3 Å². The van der Waals surface area contributed by atoms with Crippen LogP contribution >= 0.6 is 11.3 Å². The minimum Gasteiger partial charge on any atom is -0.479 e. The maximum Gasteiger partial charge on any atom is 0.360 e. The minimum atomic E-state index is -1.38. The summed E-state index contributed by atoms with van der Waals surface area (Å²) in [5, 5.41) is 27.3. The first kappa shape index (κ1) is 23.7. The van der Waals surface area contributed by atoms with Gasteiger partial charge in [0.25, 0.3) is 0 Å². The van der Waals surface area contributed by atoms with E-state index in [1.54, 1.807) is 0 Å². The lowest BCUT2D eigenvalue weighted by molar-refractivity contribution is -0.142. The van der Waals surface area contributed by atoms with Crippen molar-refractivity contribution >= 4 is 34.1 Å². The molecule has 0 fully saturated rings. The Morgan fingerprint density at radius 3 is 1.77 bits per heavy atom. The number of hydrogen-bond donors (Lipinski definition) is 3. The molecule has 4 aromatic rings. The van der Waals surface area contributed by atoms with Crippen LogP contribution in [0.5, 0.6) is 0 Å². The third-order valence-corrected chi connectivity index (χ3v) is 5.97. The molecule has 0 aliphatic heterocycles. The van der Waals surface area contributed by atoms with Crippen LogP contribution in [0.3, 0.4) is 0 Å². The van der Waals surface area contributed by atoms with Gasteiger partial charge in [0.15, 0.2) is 5.13 Å². The highest BCUT2D eigenvalue weighted by Crippen LogP contribution is 2.40. The highest BCUT2D eigenvalue weighted by Gasteiger charge is 2.37. The largest absolute Gasteiger partial charge is 0.479 e. The molecule has 8 nitrogen and oxygen atoms in total. The average molecular weight is 488 g/mol. The number of nitrogens with zero attached hydrogens (tertiary/aromatic N) is 2. The van der Waals surface area contributed by atoms with Gasteiger partial charge >= 0.3 is 11.9 Å². The predicted octanol–water partition coefficient (Wildman–Crippen LogP) is 4.44. The average Bonchev–Trinajstić information content (AvgIpc) is 3.34. The normalized spacial score (nSPS) is 11.6. The van der Waals surface area contributed by atoms with Gasteiger partial charge in [-0.1, -0.05) is 96.2 Å². The summed E-state index contributed by atoms with van der Waals surface area (Å²) in [6.45, 7) is -0.759. The van der Waals surface area contributed by atoms with Gasteiger partial charge in [-0.25, -0.2) is 14.6 Å². The number of oxime groups is 1. The number of aromatic nitrogens is 1. The van der Waals surface area contributed by atoms with Gasteiger partial charge in [0, 0.05) is 5.38 Å². The molecule has 0 unspecified atom stereocenters. The van der Waals surface area contributed by atoms with E-state index in [-0.39, 0.29) is 5.69 Å². The number of aliphatic carboxylic acids is 2. The zero-order valence-corrected chi connectivity index (χ0v) is 19.2. The maximum atomic E-state index is 11.7. The van der Waals surface area contributed by atoms with Gasteiger partial charge in [0.05, 0.1) is 0 Å². The van der Waals surface area contributed by atoms with Crippen molar-refractivity contribution in [3.05, 3.63) is 119 Å². The fourth-order valence-electron chi connectivity index (χ4n) is 3.73. The molecule has 0 atom stereocenters. The SMILES string of the molecule is O=C(O)CON=C(C(=O)O)c1csc(NC(c2ccccc2)(c2ccccc2)c2ccccc2)n1. The Morgan fingerprint density at radius 1 is 0.857 bits per heavy atom. The monoisotopic (exact) mass is 487 g/mol. The van der Waals surface area contributed by atoms with Crippen LogP contribution in [0, 0.1) is 0 Å². The smallest absolute Gasteiger partial charge is 0.360 e. The first-order chi connectivity index (χ1) is 17.0. The van der Waals surface area contributed by atoms with Crippen LogP contribution in [0.4, 0.5) is 5.13 Å². The minimum absolute atomic E-state index is 0.0541. The summed E-state index contributed by atoms with van der Waals surface area (Å²) in [5.74, 6) is -2.65. The third-order valence-electron chi connectivity index (χ3n) is 5.21. The van der Waals surface area contributed by atoms with E-state index >= 15 is 0 Å². The molecule has 0 amide bonds. The molecular weight excluding hydrogens is 466 g/mol. The molecule has 3 N–H and O–H groups in total. The van der Waals surface area contributed by atoms with Crippen LogP contribution in [0.2, 0.25) is 0 Å². The summed E-state index contributed by atoms with van der Waals surface area (Å²) >= 11 is 1.21. The molecule has 0 saturated carbocycles. The van der Waals surface area contributed by atoms with Crippen LogP contribution < -0.4 is 5.32 Å². The molecule has 1 heterocycles. The Balaban J connectivity index is 1.82. The summed E-state index contributed by atoms with van der Waals surface area (Å²) in [6, 6.07) is 29.7. The van der Waals surface area contributed by atoms with Crippen molar-refractivity contribution in [3.63, 3.8) is 0 Å². The Hall–Kier alpha value is -4.50. The number of benzene rings is 3. The molecule has 176 valence electrons. The summed E-state index contributed by atoms with van der Waals surface area (Å²) < 4.78 is 0. The molecule has 3 aromatic carbocycles. The lowest BCUT2D eigenvalue weighted by atomic mass is 9.77. The van der Waals surface area contributed by atoms with E-state index in [1.165, 1.54) is 16.7 Å². The zero-order valence-electron chi connectivity index (χ0n) is 18.4. The Kier molecular flexibility index (Phi) is 7.18. The summed E-state index contributed by atoms with van der Waals surface area (Å²) in [7, 11) is 0. The van der Waals surface area contributed by atoms with E-state index in [1.807, 2.05) is 91.0 Å². The highest BCUT2D eigenvalue weighted by atomic mass is 32.1. The number of hydrogen-bond acceptors (Lipinski definition) is 7. The van der Waals surface area contributed by atoms with Crippen molar-refractivity contribution in [2.24, 2.45) is 5.16 Å². The van der Waals surface area contributed by atoms with Crippen molar-refractivity contribution in [2.75, 3.05) is 11.9 Å². The molecule has 0 aliphatic rings. The third kappa shape index (κ3) is 5.20. The van der Waals surface area contributed by atoms with E-state index < -0.39 is 29.8 Å². The zero-order chi connectivity index (χ0) is 24.7. The standard InChI is InChI=1S/C26H21N3O5S/c30-22(31)16-34-29-23(24(32)33)21-17-35-25(27-21)28-26(18-10-4-1-5-11-18,19-12-6-2-7-13-19)20-14-8-3-9-15-20/h1-15,17H,16H2,(H,27,28)(H,30,31)(H,32,33). The van der Waals surface area contributed by atoms with Crippen LogP contribution in [0.25, 0.3) is 0 Å². The Bertz CT molecular complexity index is 1230. The number of nitrogens with one attached hydrogen (secondary N) is 1. The Morgan fingerprint density at radius 2 is 1.34 bits per heavy atom. The lowest BCUT2D eigenvalue weighted by Gasteiger charge is -2.36. The van der Waals surface area contributed by atoms with Crippen molar-refractivity contribution in [1.29, 1.82) is 0 Å². The van der Waals surface area contributed by atoms with Gasteiger partial charge in [-0.15, -0.1) is 11.3 Å². The fourth-order valence-corrected chi connectivity index (χ4v) is 4.48. The van der Waals surface area contributed by atoms with Gasteiger partial charge in [-0.2, -0.15) is 0 Å². The number of carbonyl (C=O) groups is 2. The number of carboxylic acid groups (broad SMARTS) is 2. The first-order valence-corrected chi connectivity index (χ1v) is 11.4. The Labute approximate surface area is 205 Å². The second-order valence-corrected chi connectivity index (χ2v) is 8.28. The molecule has 0 spiro atoms. The van der Waals surface area contributed by atoms with E-state index in [9.17, 15) is 14.7 Å². The lowest BCUT2D eigenvalue weighted by Crippen LogP contribution is -2.38. The van der Waals surface area contributed by atoms with E-state index in [4.69, 9.17) is 5.11 Å². The van der Waals surface area contributed by atoms with Crippen molar-refractivity contribution < 1.29 is 24.6 Å². The number of anilines is 1. The molecule has 9 heteroatoms. The van der Waals surface area contributed by atoms with Gasteiger partial charge in [0.1, 0.15) is 11.2 Å². The van der Waals surface area contributed by atoms with Crippen molar-refractivity contribution in [3.8, 4) is 0 Å². The predicted molar refractivity (Wildman–Crippen MR) is 133 cm³/mol. The number of thiazole rings is 1. The highest BCUT2D eigenvalue weighted by molar-refractivity contribution is 7.14. The molecule has 0 bridgehead atoms. The van der Waals surface area contributed by atoms with E-state index in [0.29, 0.717) is 5.13 Å². The topological polar surface area (TPSA) is 121 Å². The van der Waals surface area contributed by atoms with Crippen LogP contribution in [-0.4, -0.2) is 39.5 Å². The van der Waals surface area contributed by atoms with E-state index in [2.05, 4.69) is 20.3 Å².